The normalized spacial score (nSPS) is 26.0. The van der Waals surface area contributed by atoms with Crippen LogP contribution < -0.4 is 5.32 Å². The Labute approximate surface area is 145 Å². The zero-order valence-corrected chi connectivity index (χ0v) is 13.6. The monoisotopic (exact) mass is 338 g/mol. The molecule has 128 valence electrons. The van der Waals surface area contributed by atoms with Crippen LogP contribution in [0.4, 0.5) is 0 Å². The summed E-state index contributed by atoms with van der Waals surface area (Å²) in [5.41, 5.74) is 1.64. The molecule has 1 aliphatic carbocycles. The fraction of sp³-hybridized carbons (Fsp3) is 0.444. The van der Waals surface area contributed by atoms with Gasteiger partial charge in [0.05, 0.1) is 6.07 Å². The number of nitrogens with zero attached hydrogens (tertiary/aromatic N) is 3. The number of nitrogens with one attached hydrogen (secondary N) is 1. The van der Waals surface area contributed by atoms with E-state index in [0.717, 1.165) is 5.56 Å². The maximum Gasteiger partial charge on any atom is 0.254 e. The number of likely N-dealkylation sites (tertiary alicyclic amines) is 1. The van der Waals surface area contributed by atoms with Gasteiger partial charge in [-0.05, 0) is 11.6 Å². The van der Waals surface area contributed by atoms with Crippen molar-refractivity contribution >= 4 is 17.7 Å². The maximum atomic E-state index is 12.5. The third-order valence-corrected chi connectivity index (χ3v) is 5.34. The molecule has 1 unspecified atom stereocenters. The van der Waals surface area contributed by atoms with Gasteiger partial charge in [0.2, 0.25) is 11.8 Å². The summed E-state index contributed by atoms with van der Waals surface area (Å²) in [6.45, 7) is 1.79. The summed E-state index contributed by atoms with van der Waals surface area (Å²) in [4.78, 5) is 39.7. The Morgan fingerprint density at radius 2 is 1.96 bits per heavy atom. The van der Waals surface area contributed by atoms with Gasteiger partial charge >= 0.3 is 0 Å². The van der Waals surface area contributed by atoms with E-state index in [2.05, 4.69) is 5.32 Å². The Morgan fingerprint density at radius 1 is 1.24 bits per heavy atom. The van der Waals surface area contributed by atoms with Crippen LogP contribution in [-0.4, -0.2) is 53.2 Å². The van der Waals surface area contributed by atoms with E-state index in [9.17, 15) is 14.4 Å². The number of piperidine rings is 1. The summed E-state index contributed by atoms with van der Waals surface area (Å²) in [6.07, 6.45) is -0.129. The molecule has 0 aromatic heterocycles. The highest BCUT2D eigenvalue weighted by molar-refractivity contribution is 6.00. The summed E-state index contributed by atoms with van der Waals surface area (Å²) < 4.78 is 0. The first-order chi connectivity index (χ1) is 12.1. The number of nitriles is 1. The van der Waals surface area contributed by atoms with Gasteiger partial charge in [-0.2, -0.15) is 5.26 Å². The van der Waals surface area contributed by atoms with Gasteiger partial charge in [0, 0.05) is 43.1 Å². The molecule has 2 fully saturated rings. The lowest BCUT2D eigenvalue weighted by Gasteiger charge is -2.23. The Morgan fingerprint density at radius 3 is 2.64 bits per heavy atom. The Balaban J connectivity index is 1.29. The van der Waals surface area contributed by atoms with Crippen molar-refractivity contribution in [3.63, 3.8) is 0 Å². The number of hydrogen-bond donors (Lipinski definition) is 1. The van der Waals surface area contributed by atoms with Gasteiger partial charge < -0.3 is 15.1 Å². The van der Waals surface area contributed by atoms with Gasteiger partial charge in [-0.25, -0.2) is 0 Å². The molecule has 3 aliphatic rings. The minimum atomic E-state index is -0.250. The van der Waals surface area contributed by atoms with Gasteiger partial charge in [-0.3, -0.25) is 14.4 Å². The molecule has 7 nitrogen and oxygen atoms in total. The molecule has 0 bridgehead atoms. The van der Waals surface area contributed by atoms with Gasteiger partial charge in [-0.1, -0.05) is 18.2 Å². The van der Waals surface area contributed by atoms with Crippen molar-refractivity contribution in [1.82, 2.24) is 15.1 Å². The highest BCUT2D eigenvalue weighted by Crippen LogP contribution is 2.45. The zero-order chi connectivity index (χ0) is 17.6. The minimum Gasteiger partial charge on any atom is -0.352 e. The van der Waals surface area contributed by atoms with Crippen LogP contribution in [0.2, 0.25) is 0 Å². The lowest BCUT2D eigenvalue weighted by atomic mass is 10.1. The van der Waals surface area contributed by atoms with E-state index in [1.165, 1.54) is 0 Å². The lowest BCUT2D eigenvalue weighted by Crippen LogP contribution is -2.42. The van der Waals surface area contributed by atoms with Crippen LogP contribution in [0, 0.1) is 23.2 Å². The summed E-state index contributed by atoms with van der Waals surface area (Å²) in [7, 11) is 0. The van der Waals surface area contributed by atoms with Crippen molar-refractivity contribution in [1.29, 1.82) is 5.26 Å². The molecule has 1 saturated carbocycles. The number of carbonyl (C=O) groups is 3. The van der Waals surface area contributed by atoms with Gasteiger partial charge in [0.15, 0.2) is 0 Å². The predicted octanol–water partition coefficient (Wildman–Crippen LogP) is 0.129. The van der Waals surface area contributed by atoms with Crippen LogP contribution in [0.3, 0.4) is 0 Å². The van der Waals surface area contributed by atoms with Crippen molar-refractivity contribution in [3.8, 4) is 6.07 Å². The van der Waals surface area contributed by atoms with Crippen molar-refractivity contribution in [2.75, 3.05) is 19.6 Å². The van der Waals surface area contributed by atoms with Crippen LogP contribution in [0.25, 0.3) is 0 Å². The van der Waals surface area contributed by atoms with Gasteiger partial charge in [-0.15, -0.1) is 0 Å². The second-order valence-electron chi connectivity index (χ2n) is 6.87. The zero-order valence-electron chi connectivity index (χ0n) is 13.6. The first-order valence-electron chi connectivity index (χ1n) is 8.39. The second kappa shape index (κ2) is 5.88. The summed E-state index contributed by atoms with van der Waals surface area (Å²) in [5.74, 6) is 0.168. The van der Waals surface area contributed by atoms with Crippen LogP contribution in [-0.2, 0) is 16.1 Å². The predicted molar refractivity (Wildman–Crippen MR) is 86.9 cm³/mol. The van der Waals surface area contributed by atoms with Crippen molar-refractivity contribution in [3.05, 3.63) is 35.4 Å². The van der Waals surface area contributed by atoms with Crippen molar-refractivity contribution in [2.45, 2.75) is 19.0 Å². The SMILES string of the molecule is N#CCC(=O)NC1[C@H]2CN(C(=O)CN3Cc4ccccc4C3=O)C[C@@H]12. The number of amides is 3. The van der Waals surface area contributed by atoms with Crippen molar-refractivity contribution in [2.24, 2.45) is 11.8 Å². The number of rotatable bonds is 4. The van der Waals surface area contributed by atoms with E-state index in [1.807, 2.05) is 24.3 Å². The number of fused-ring (bicyclic) bond motifs is 2. The number of hydrogen-bond acceptors (Lipinski definition) is 4. The fourth-order valence-corrected chi connectivity index (χ4v) is 3.96. The molecule has 2 heterocycles. The quantitative estimate of drug-likeness (QED) is 0.844. The highest BCUT2D eigenvalue weighted by Gasteiger charge is 2.57. The first kappa shape index (κ1) is 15.6. The fourth-order valence-electron chi connectivity index (χ4n) is 3.96. The van der Waals surface area contributed by atoms with E-state index in [4.69, 9.17) is 5.26 Å². The van der Waals surface area contributed by atoms with Gasteiger partial charge in [0.25, 0.3) is 5.91 Å². The molecule has 25 heavy (non-hydrogen) atoms. The molecule has 1 saturated heterocycles. The molecule has 1 aromatic rings. The summed E-state index contributed by atoms with van der Waals surface area (Å²) in [6, 6.07) is 9.35. The Bertz CT molecular complexity index is 788. The third kappa shape index (κ3) is 2.74. The molecule has 3 atom stereocenters. The first-order valence-corrected chi connectivity index (χ1v) is 8.39. The lowest BCUT2D eigenvalue weighted by molar-refractivity contribution is -0.131. The summed E-state index contributed by atoms with van der Waals surface area (Å²) >= 11 is 0. The smallest absolute Gasteiger partial charge is 0.254 e. The molecule has 0 spiro atoms. The average Bonchev–Trinajstić information content (AvgIpc) is 2.95. The molecule has 0 radical (unpaired) electrons. The highest BCUT2D eigenvalue weighted by atomic mass is 16.2. The third-order valence-electron chi connectivity index (χ3n) is 5.34. The molecular weight excluding hydrogens is 320 g/mol. The van der Waals surface area contributed by atoms with Crippen LogP contribution >= 0.6 is 0 Å². The molecule has 1 N–H and O–H groups in total. The van der Waals surface area contributed by atoms with E-state index in [1.54, 1.807) is 15.9 Å². The Hall–Kier alpha value is -2.88. The average molecular weight is 338 g/mol. The standard InChI is InChI=1S/C18H18N4O3/c19-6-5-15(23)20-17-13-8-21(9-14(13)17)16(24)10-22-7-11-3-1-2-4-12(11)18(22)25/h1-4,13-14,17H,5,7-10H2,(H,20,23)/t13-,14+,17?. The van der Waals surface area contributed by atoms with Gasteiger partial charge in [0.1, 0.15) is 13.0 Å². The van der Waals surface area contributed by atoms with E-state index >= 15 is 0 Å². The second-order valence-corrected chi connectivity index (χ2v) is 6.87. The van der Waals surface area contributed by atoms with E-state index in [-0.39, 0.29) is 48.6 Å². The molecule has 4 rings (SSSR count). The topological polar surface area (TPSA) is 93.5 Å². The van der Waals surface area contributed by atoms with E-state index < -0.39 is 0 Å². The van der Waals surface area contributed by atoms with Crippen LogP contribution in [0.15, 0.2) is 24.3 Å². The molecule has 2 aliphatic heterocycles. The van der Waals surface area contributed by atoms with Crippen LogP contribution in [0.1, 0.15) is 22.3 Å². The molecule has 7 heteroatoms. The van der Waals surface area contributed by atoms with Crippen LogP contribution in [0.5, 0.6) is 0 Å². The summed E-state index contributed by atoms with van der Waals surface area (Å²) in [5, 5.41) is 11.4. The molecular formula is C18H18N4O3. The largest absolute Gasteiger partial charge is 0.352 e. The minimum absolute atomic E-state index is 0.0459. The maximum absolute atomic E-state index is 12.5. The van der Waals surface area contributed by atoms with E-state index in [0.29, 0.717) is 25.2 Å². The molecule has 1 aromatic carbocycles. The number of benzene rings is 1. The Kier molecular flexibility index (Phi) is 3.68. The van der Waals surface area contributed by atoms with Crippen molar-refractivity contribution < 1.29 is 14.4 Å². The number of carbonyl (C=O) groups excluding carboxylic acids is 3. The molecule has 3 amide bonds.